The number of benzene rings is 2. The van der Waals surface area contributed by atoms with Crippen molar-refractivity contribution >= 4 is 62.4 Å². The molecular weight excluding hydrogens is 683 g/mol. The van der Waals surface area contributed by atoms with E-state index in [1.807, 2.05) is 0 Å². The van der Waals surface area contributed by atoms with Crippen molar-refractivity contribution in [3.63, 3.8) is 0 Å². The predicted octanol–water partition coefficient (Wildman–Crippen LogP) is 7.84. The first-order chi connectivity index (χ1) is 24.3. The summed E-state index contributed by atoms with van der Waals surface area (Å²) in [5.74, 6) is -1.52. The third kappa shape index (κ3) is 7.02. The Morgan fingerprint density at radius 2 is 1.90 bits per heavy atom. The predicted molar refractivity (Wildman–Crippen MR) is 188 cm³/mol. The van der Waals surface area contributed by atoms with Crippen molar-refractivity contribution in [1.29, 1.82) is 0 Å². The van der Waals surface area contributed by atoms with Gasteiger partial charge >= 0.3 is 18.0 Å². The molecule has 6 rings (SSSR count). The highest BCUT2D eigenvalue weighted by Gasteiger charge is 2.31. The van der Waals surface area contributed by atoms with E-state index < -0.39 is 35.5 Å². The molecule has 4 aromatic heterocycles. The number of hydrogen-bond acceptors (Lipinski definition) is 10. The van der Waals surface area contributed by atoms with Crippen LogP contribution in [0.25, 0.3) is 43.9 Å². The van der Waals surface area contributed by atoms with E-state index in [0.717, 1.165) is 0 Å². The number of alkyl carbamates (subject to hydrolysis) is 1. The minimum atomic E-state index is -0.997. The molecule has 1 N–H and O–H groups in total. The number of nitrogens with zero attached hydrogens (tertiary/aromatic N) is 3. The molecule has 0 saturated heterocycles. The summed E-state index contributed by atoms with van der Waals surface area (Å²) in [7, 11) is 1.46. The van der Waals surface area contributed by atoms with Gasteiger partial charge in [0, 0.05) is 34.3 Å². The maximum Gasteiger partial charge on any atom is 0.408 e. The lowest BCUT2D eigenvalue weighted by atomic mass is 10.0. The van der Waals surface area contributed by atoms with E-state index in [-0.39, 0.29) is 46.6 Å². The number of esters is 2. The number of aromatic nitrogens is 3. The maximum atomic E-state index is 15.6. The molecule has 264 valence electrons. The van der Waals surface area contributed by atoms with Gasteiger partial charge in [0.1, 0.15) is 39.6 Å². The Kier molecular flexibility index (Phi) is 9.58. The summed E-state index contributed by atoms with van der Waals surface area (Å²) in [5, 5.41) is 3.86. The van der Waals surface area contributed by atoms with Gasteiger partial charge in [-0.05, 0) is 77.1 Å². The number of pyridine rings is 2. The number of rotatable bonds is 9. The van der Waals surface area contributed by atoms with Crippen molar-refractivity contribution in [2.75, 3.05) is 13.7 Å². The van der Waals surface area contributed by atoms with Crippen LogP contribution in [0.2, 0.25) is 5.15 Å². The number of ether oxygens (including phenoxy) is 4. The van der Waals surface area contributed by atoms with Gasteiger partial charge in [-0.15, -0.1) is 0 Å². The molecule has 4 heterocycles. The van der Waals surface area contributed by atoms with Crippen molar-refractivity contribution in [2.24, 2.45) is 0 Å². The first-order valence-electron chi connectivity index (χ1n) is 16.0. The molecule has 0 spiro atoms. The minimum Gasteiger partial charge on any atom is -0.481 e. The Balaban J connectivity index is 1.42. The topological polar surface area (TPSA) is 144 Å². The third-order valence-electron chi connectivity index (χ3n) is 7.87. The Labute approximate surface area is 296 Å². The van der Waals surface area contributed by atoms with Gasteiger partial charge < -0.3 is 33.2 Å². The number of fused-ring (bicyclic) bond motifs is 4. The summed E-state index contributed by atoms with van der Waals surface area (Å²) in [6.07, 6.45) is 2.19. The normalized spacial score (nSPS) is 12.2. The van der Waals surface area contributed by atoms with E-state index in [1.54, 1.807) is 68.8 Å². The van der Waals surface area contributed by atoms with Crippen LogP contribution in [-0.4, -0.2) is 57.9 Å². The summed E-state index contributed by atoms with van der Waals surface area (Å²) >= 11 is 6.76. The van der Waals surface area contributed by atoms with E-state index in [4.69, 9.17) is 35.0 Å². The number of amides is 1. The fourth-order valence-electron chi connectivity index (χ4n) is 5.75. The maximum absolute atomic E-state index is 15.6. The van der Waals surface area contributed by atoms with Gasteiger partial charge in [-0.2, -0.15) is 0 Å². The zero-order valence-electron chi connectivity index (χ0n) is 28.6. The SMILES string of the molecule is CCOC(=O)c1c(-c2cccnc2OC)c2c3occc3c(F)cc2n1Cc1cc2ccc(OC(=O)[C@H](C)NC(=O)OC(C)(C)C)cc2nc1Cl. The molecule has 0 saturated carbocycles. The van der Waals surface area contributed by atoms with Crippen LogP contribution in [0.3, 0.4) is 0 Å². The second kappa shape index (κ2) is 13.9. The molecule has 1 atom stereocenters. The Bertz CT molecular complexity index is 2330. The number of halogens is 2. The highest BCUT2D eigenvalue weighted by atomic mass is 35.5. The molecule has 0 aliphatic carbocycles. The molecule has 12 nitrogen and oxygen atoms in total. The molecule has 0 aliphatic heterocycles. The summed E-state index contributed by atoms with van der Waals surface area (Å²) in [6.45, 7) is 8.35. The summed E-state index contributed by atoms with van der Waals surface area (Å²) < 4.78 is 44.8. The molecule has 2 aromatic carbocycles. The van der Waals surface area contributed by atoms with E-state index in [2.05, 4.69) is 15.3 Å². The number of carbonyl (C=O) groups is 3. The van der Waals surface area contributed by atoms with Crippen LogP contribution in [0, 0.1) is 5.82 Å². The molecule has 0 unspecified atom stereocenters. The smallest absolute Gasteiger partial charge is 0.408 e. The summed E-state index contributed by atoms with van der Waals surface area (Å²) in [6, 6.07) is 11.9. The highest BCUT2D eigenvalue weighted by Crippen LogP contribution is 2.44. The van der Waals surface area contributed by atoms with Crippen molar-refractivity contribution in [3.05, 3.63) is 83.2 Å². The lowest BCUT2D eigenvalue weighted by Gasteiger charge is -2.21. The van der Waals surface area contributed by atoms with Crippen LogP contribution in [0.15, 0.2) is 65.4 Å². The molecule has 51 heavy (non-hydrogen) atoms. The number of carbonyl (C=O) groups excluding carboxylic acids is 3. The number of hydrogen-bond donors (Lipinski definition) is 1. The van der Waals surface area contributed by atoms with Gasteiger partial charge in [0.15, 0.2) is 0 Å². The standard InChI is InChI=1S/C37H34ClFN4O8/c1-7-48-35(45)30-28(24-9-8-13-40-33(24)47-6)29-27(17-25(39)23-12-14-49-31(23)29)43(30)18-21-15-20-10-11-22(16-26(20)42-32(21)38)50-34(44)19(2)41-36(46)51-37(3,4)5/h8-17,19H,7,18H2,1-6H3,(H,41,46)/t19-/m0/s1. The van der Waals surface area contributed by atoms with E-state index in [0.29, 0.717) is 38.5 Å². The van der Waals surface area contributed by atoms with Crippen LogP contribution in [-0.2, 0) is 20.8 Å². The van der Waals surface area contributed by atoms with Gasteiger partial charge in [-0.3, -0.25) is 0 Å². The molecule has 0 radical (unpaired) electrons. The Hall–Kier alpha value is -5.69. The largest absolute Gasteiger partial charge is 0.481 e. The van der Waals surface area contributed by atoms with Crippen LogP contribution < -0.4 is 14.8 Å². The number of nitrogens with one attached hydrogen (secondary N) is 1. The van der Waals surface area contributed by atoms with E-state index in [1.165, 1.54) is 38.5 Å². The van der Waals surface area contributed by atoms with Crippen LogP contribution in [0.4, 0.5) is 9.18 Å². The first-order valence-corrected chi connectivity index (χ1v) is 16.4. The zero-order valence-corrected chi connectivity index (χ0v) is 29.4. The van der Waals surface area contributed by atoms with Gasteiger partial charge in [0.25, 0.3) is 0 Å². The molecular formula is C37H34ClFN4O8. The van der Waals surface area contributed by atoms with Crippen molar-refractivity contribution in [2.45, 2.75) is 52.8 Å². The average Bonchev–Trinajstić information content (AvgIpc) is 3.68. The summed E-state index contributed by atoms with van der Waals surface area (Å²) in [5.41, 5.74) is 1.71. The molecule has 0 aliphatic rings. The van der Waals surface area contributed by atoms with Crippen LogP contribution in [0.1, 0.15) is 50.7 Å². The molecule has 0 bridgehead atoms. The monoisotopic (exact) mass is 716 g/mol. The van der Waals surface area contributed by atoms with Crippen molar-refractivity contribution in [3.8, 4) is 22.8 Å². The molecule has 6 aromatic rings. The van der Waals surface area contributed by atoms with Gasteiger partial charge in [0.05, 0.1) is 48.3 Å². The second-order valence-electron chi connectivity index (χ2n) is 12.6. The Morgan fingerprint density at radius 3 is 2.63 bits per heavy atom. The lowest BCUT2D eigenvalue weighted by Crippen LogP contribution is -2.43. The summed E-state index contributed by atoms with van der Waals surface area (Å²) in [4.78, 5) is 47.5. The van der Waals surface area contributed by atoms with E-state index in [9.17, 15) is 14.4 Å². The molecule has 0 fully saturated rings. The quantitative estimate of drug-likeness (QED) is 0.0893. The fourth-order valence-corrected chi connectivity index (χ4v) is 5.95. The average molecular weight is 717 g/mol. The third-order valence-corrected chi connectivity index (χ3v) is 8.20. The number of furan rings is 1. The minimum absolute atomic E-state index is 0.0226. The number of methoxy groups -OCH3 is 1. The van der Waals surface area contributed by atoms with Gasteiger partial charge in [-0.1, -0.05) is 11.6 Å². The Morgan fingerprint density at radius 1 is 1.12 bits per heavy atom. The van der Waals surface area contributed by atoms with Gasteiger partial charge in [-0.25, -0.2) is 28.7 Å². The highest BCUT2D eigenvalue weighted by molar-refractivity contribution is 6.30. The van der Waals surface area contributed by atoms with Crippen molar-refractivity contribution < 1.29 is 42.1 Å². The first kappa shape index (κ1) is 35.1. The van der Waals surface area contributed by atoms with Crippen molar-refractivity contribution in [1.82, 2.24) is 19.9 Å². The van der Waals surface area contributed by atoms with Crippen LogP contribution in [0.5, 0.6) is 11.6 Å². The molecule has 14 heteroatoms. The lowest BCUT2D eigenvalue weighted by molar-refractivity contribution is -0.136. The van der Waals surface area contributed by atoms with E-state index >= 15 is 4.39 Å². The molecule has 1 amide bonds. The second-order valence-corrected chi connectivity index (χ2v) is 12.9. The van der Waals surface area contributed by atoms with Gasteiger partial charge in [0.2, 0.25) is 5.88 Å². The van der Waals surface area contributed by atoms with Crippen LogP contribution >= 0.6 is 11.6 Å². The zero-order chi connectivity index (χ0) is 36.6. The fraction of sp³-hybridized carbons (Fsp3) is 0.270.